The van der Waals surface area contributed by atoms with Gasteiger partial charge in [0.15, 0.2) is 6.29 Å². The highest BCUT2D eigenvalue weighted by atomic mass is 32.3. The first-order chi connectivity index (χ1) is 32.1. The number of carbonyl (C=O) groups is 1. The highest BCUT2D eigenvalue weighted by Gasteiger charge is 2.48. The fourth-order valence-electron chi connectivity index (χ4n) is 7.46. The highest BCUT2D eigenvalue weighted by Crippen LogP contribution is 2.26. The first kappa shape index (κ1) is 61.6. The summed E-state index contributed by atoms with van der Waals surface area (Å²) in [5.41, 5.74) is 0. The molecule has 6 atom stereocenters. The second kappa shape index (κ2) is 43.8. The molecule has 1 fully saturated rings. The van der Waals surface area contributed by atoms with Crippen LogP contribution >= 0.6 is 0 Å². The minimum Gasteiger partial charge on any atom is -0.457 e. The van der Waals surface area contributed by atoms with Crippen LogP contribution in [0.2, 0.25) is 0 Å². The molecular weight excluding hydrogens is 861 g/mol. The van der Waals surface area contributed by atoms with Crippen molar-refractivity contribution in [3.63, 3.8) is 0 Å². The molecule has 1 aliphatic rings. The number of esters is 1. The van der Waals surface area contributed by atoms with Crippen molar-refractivity contribution in [1.82, 2.24) is 0 Å². The lowest BCUT2D eigenvalue weighted by molar-refractivity contribution is -0.301. The van der Waals surface area contributed by atoms with Gasteiger partial charge in [0.05, 0.1) is 19.8 Å². The molecule has 382 valence electrons. The molecule has 0 aromatic rings. The summed E-state index contributed by atoms with van der Waals surface area (Å²) < 4.78 is 59.1. The largest absolute Gasteiger partial charge is 0.457 e. The number of allylic oxidation sites excluding steroid dienone is 12. The van der Waals surface area contributed by atoms with Gasteiger partial charge in [0.1, 0.15) is 30.5 Å². The molecule has 0 aliphatic carbocycles. The van der Waals surface area contributed by atoms with Crippen molar-refractivity contribution in [3.8, 4) is 0 Å². The Kier molecular flexibility index (Phi) is 40.8. The molecule has 0 aromatic heterocycles. The summed E-state index contributed by atoms with van der Waals surface area (Å²) >= 11 is 0. The third kappa shape index (κ3) is 36.6. The van der Waals surface area contributed by atoms with E-state index in [2.05, 4.69) is 90.9 Å². The van der Waals surface area contributed by atoms with Crippen LogP contribution in [0.4, 0.5) is 0 Å². The van der Waals surface area contributed by atoms with E-state index in [4.69, 9.17) is 18.9 Å². The van der Waals surface area contributed by atoms with Gasteiger partial charge in [-0.2, -0.15) is 8.42 Å². The van der Waals surface area contributed by atoms with Crippen LogP contribution in [0, 0.1) is 0 Å². The topological polar surface area (TPSA) is 178 Å². The van der Waals surface area contributed by atoms with Crippen molar-refractivity contribution in [2.24, 2.45) is 0 Å². The summed E-state index contributed by atoms with van der Waals surface area (Å²) in [6, 6.07) is 0. The summed E-state index contributed by atoms with van der Waals surface area (Å²) in [5, 5.41) is 30.7. The summed E-state index contributed by atoms with van der Waals surface area (Å²) in [6.45, 7) is 3.81. The van der Waals surface area contributed by atoms with Crippen LogP contribution in [-0.2, 0) is 38.3 Å². The minimum absolute atomic E-state index is 0.0186. The molecule has 0 radical (unpaired) electrons. The predicted molar refractivity (Wildman–Crippen MR) is 266 cm³/mol. The molecule has 1 saturated heterocycles. The zero-order valence-electron chi connectivity index (χ0n) is 41.0. The number of aliphatic hydroxyl groups excluding tert-OH is 3. The van der Waals surface area contributed by atoms with Crippen LogP contribution < -0.4 is 0 Å². The molecule has 12 nitrogen and oxygen atoms in total. The first-order valence-corrected chi connectivity index (χ1v) is 27.1. The second-order valence-electron chi connectivity index (χ2n) is 17.4. The van der Waals surface area contributed by atoms with Crippen molar-refractivity contribution in [2.45, 2.75) is 230 Å². The van der Waals surface area contributed by atoms with E-state index in [0.717, 1.165) is 70.6 Å². The second-order valence-corrected chi connectivity index (χ2v) is 18.4. The molecular formula is C53H92O12S. The number of hydrogen-bond acceptors (Lipinski definition) is 11. The Hall–Kier alpha value is -2.46. The quantitative estimate of drug-likeness (QED) is 0.0197. The van der Waals surface area contributed by atoms with Gasteiger partial charge in [-0.3, -0.25) is 9.35 Å². The van der Waals surface area contributed by atoms with Crippen molar-refractivity contribution < 1.29 is 56.2 Å². The molecule has 66 heavy (non-hydrogen) atoms. The maximum Gasteiger partial charge on any atom is 0.397 e. The van der Waals surface area contributed by atoms with E-state index in [9.17, 15) is 33.1 Å². The van der Waals surface area contributed by atoms with Crippen LogP contribution in [0.3, 0.4) is 0 Å². The molecule has 0 bridgehead atoms. The summed E-state index contributed by atoms with van der Waals surface area (Å²) in [5.74, 6) is -0.431. The SMILES string of the molecule is CC/C=C\C/C=C\C/C=C\CCCCCC(=O)OC(COCCCCCCCCCCCCC/C=C\C/C=C\C/C=C\CCCCCCC)COC1OC(CO)C(O)C(OS(=O)(=O)O)C1O. The Bertz CT molecular complexity index is 1420. The molecule has 1 aliphatic heterocycles. The predicted octanol–water partition coefficient (Wildman–Crippen LogP) is 11.9. The van der Waals surface area contributed by atoms with E-state index >= 15 is 0 Å². The van der Waals surface area contributed by atoms with Gasteiger partial charge < -0.3 is 34.3 Å². The van der Waals surface area contributed by atoms with E-state index in [1.807, 2.05) is 0 Å². The Morgan fingerprint density at radius 2 is 1.05 bits per heavy atom. The van der Waals surface area contributed by atoms with E-state index in [-0.39, 0.29) is 19.6 Å². The van der Waals surface area contributed by atoms with Crippen LogP contribution in [0.1, 0.15) is 194 Å². The molecule has 0 spiro atoms. The van der Waals surface area contributed by atoms with E-state index in [1.54, 1.807) is 0 Å². The maximum atomic E-state index is 12.9. The summed E-state index contributed by atoms with van der Waals surface area (Å²) in [4.78, 5) is 12.9. The molecule has 0 aromatic carbocycles. The smallest absolute Gasteiger partial charge is 0.397 e. The zero-order valence-corrected chi connectivity index (χ0v) is 41.8. The normalized spacial score (nSPS) is 20.1. The lowest BCUT2D eigenvalue weighted by atomic mass is 9.99. The van der Waals surface area contributed by atoms with Crippen molar-refractivity contribution in [3.05, 3.63) is 72.9 Å². The number of aliphatic hydroxyl groups is 3. The maximum absolute atomic E-state index is 12.9. The molecule has 13 heteroatoms. The Morgan fingerprint density at radius 3 is 1.53 bits per heavy atom. The molecule has 0 saturated carbocycles. The van der Waals surface area contributed by atoms with Crippen molar-refractivity contribution in [1.29, 1.82) is 0 Å². The monoisotopic (exact) mass is 953 g/mol. The summed E-state index contributed by atoms with van der Waals surface area (Å²) in [7, 11) is -5.07. The van der Waals surface area contributed by atoms with Gasteiger partial charge in [0.2, 0.25) is 0 Å². The van der Waals surface area contributed by atoms with Crippen LogP contribution in [0.5, 0.6) is 0 Å². The molecule has 6 unspecified atom stereocenters. The molecule has 1 heterocycles. The Labute approximate surface area is 401 Å². The van der Waals surface area contributed by atoms with E-state index in [1.165, 1.54) is 96.3 Å². The lowest BCUT2D eigenvalue weighted by Gasteiger charge is -2.41. The number of ether oxygens (including phenoxy) is 4. The van der Waals surface area contributed by atoms with Gasteiger partial charge in [0, 0.05) is 13.0 Å². The Balaban J connectivity index is 2.32. The van der Waals surface area contributed by atoms with Gasteiger partial charge in [-0.25, -0.2) is 4.18 Å². The molecule has 4 N–H and O–H groups in total. The van der Waals surface area contributed by atoms with Gasteiger partial charge in [-0.15, -0.1) is 0 Å². The fraction of sp³-hybridized carbons (Fsp3) is 0.755. The molecule has 0 amide bonds. The van der Waals surface area contributed by atoms with Crippen molar-refractivity contribution >= 4 is 16.4 Å². The minimum atomic E-state index is -5.07. The van der Waals surface area contributed by atoms with E-state index < -0.39 is 59.8 Å². The standard InChI is InChI=1S/C53H92O12S/c1-3-5-7-9-11-13-15-17-18-19-20-21-22-23-24-25-26-27-28-29-31-33-35-37-39-41-43-61-45-47(46-62-53-51(57)52(65-66(58,59)60)50(56)48(44-54)64-53)63-49(55)42-40-38-36-34-32-30-16-14-12-10-8-6-4-2/h6,8,12,14-15,17,19-20,22-23,30,32,47-48,50-54,56-57H,3-5,7,9-11,13,16,18,21,24-29,31,33-46H2,1-2H3,(H,58,59,60)/b8-6-,14-12-,17-15-,20-19-,23-22-,32-30-. The van der Waals surface area contributed by atoms with Crippen LogP contribution in [0.15, 0.2) is 72.9 Å². The number of unbranched alkanes of at least 4 members (excludes halogenated alkanes) is 19. The first-order valence-electron chi connectivity index (χ1n) is 25.7. The number of carbonyl (C=O) groups excluding carboxylic acids is 1. The fourth-order valence-corrected chi connectivity index (χ4v) is 7.97. The third-order valence-corrected chi connectivity index (χ3v) is 11.8. The van der Waals surface area contributed by atoms with E-state index in [0.29, 0.717) is 13.0 Å². The number of rotatable bonds is 44. The highest BCUT2D eigenvalue weighted by molar-refractivity contribution is 7.80. The average molecular weight is 953 g/mol. The van der Waals surface area contributed by atoms with Gasteiger partial charge in [-0.1, -0.05) is 177 Å². The number of hydrogen-bond donors (Lipinski definition) is 4. The summed E-state index contributed by atoms with van der Waals surface area (Å²) in [6.07, 6.45) is 48.1. The van der Waals surface area contributed by atoms with Crippen LogP contribution in [0.25, 0.3) is 0 Å². The Morgan fingerprint density at radius 1 is 0.591 bits per heavy atom. The van der Waals surface area contributed by atoms with Crippen molar-refractivity contribution in [2.75, 3.05) is 26.4 Å². The molecule has 1 rings (SSSR count). The average Bonchev–Trinajstić information content (AvgIpc) is 3.29. The van der Waals surface area contributed by atoms with Crippen LogP contribution in [-0.4, -0.2) is 97.5 Å². The van der Waals surface area contributed by atoms with Gasteiger partial charge >= 0.3 is 16.4 Å². The lowest BCUT2D eigenvalue weighted by Crippen LogP contribution is -2.60. The third-order valence-electron chi connectivity index (χ3n) is 11.3. The van der Waals surface area contributed by atoms with Gasteiger partial charge in [0.25, 0.3) is 0 Å². The zero-order chi connectivity index (χ0) is 48.2. The van der Waals surface area contributed by atoms with Gasteiger partial charge in [-0.05, 0) is 83.5 Å².